The summed E-state index contributed by atoms with van der Waals surface area (Å²) in [6.45, 7) is 7.15. The zero-order chi connectivity index (χ0) is 58.8. The molecular weight excluding hydrogens is 1060 g/mol. The van der Waals surface area contributed by atoms with Gasteiger partial charge in [-0.1, -0.05) is 32.9 Å². The van der Waals surface area contributed by atoms with Crippen LogP contribution in [-0.2, 0) is 59.4 Å². The van der Waals surface area contributed by atoms with Crippen molar-refractivity contribution in [2.24, 2.45) is 17.4 Å². The molecule has 28 nitrogen and oxygen atoms in total. The Kier molecular flexibility index (Phi) is 18.6. The summed E-state index contributed by atoms with van der Waals surface area (Å²) in [5.74, 6) is -8.26. The zero-order valence-electron chi connectivity index (χ0n) is 44.9. The van der Waals surface area contributed by atoms with Gasteiger partial charge >= 0.3 is 11.9 Å². The minimum Gasteiger partial charge on any atom is -0.494 e. The van der Waals surface area contributed by atoms with E-state index in [1.165, 1.54) is 38.3 Å². The number of aliphatic carboxylic acids is 1. The highest BCUT2D eigenvalue weighted by molar-refractivity contribution is 6.14. The van der Waals surface area contributed by atoms with E-state index in [9.17, 15) is 53.1 Å². The van der Waals surface area contributed by atoms with E-state index in [2.05, 4.69) is 35.9 Å². The van der Waals surface area contributed by atoms with Crippen LogP contribution >= 0.6 is 0 Å². The van der Waals surface area contributed by atoms with Crippen LogP contribution in [-0.4, -0.2) is 131 Å². The Balaban J connectivity index is 1.12. The second kappa shape index (κ2) is 25.6. The molecule has 81 heavy (non-hydrogen) atoms. The van der Waals surface area contributed by atoms with Crippen LogP contribution in [0.15, 0.2) is 57.4 Å². The maximum absolute atomic E-state index is 13.9. The summed E-state index contributed by atoms with van der Waals surface area (Å²) in [7, 11) is 1.39. The SMILES string of the molecule is CCc1nc(C)oc1C(=O)Nc1nc2cc(C(N)=O)cc(OC)c2n1C/C=C/Cn1c(NC(=O)c2oc(C)nc2CC)nc2cc(C(N)=O)cc(OCCCOC(=O)[C@@H](C)CC(=O)[C@@H](CCC(=O)O)NC(=O)CN3C(=O)C=CC3=O)c21. The third-order valence-corrected chi connectivity index (χ3v) is 12.6. The molecule has 0 saturated carbocycles. The summed E-state index contributed by atoms with van der Waals surface area (Å²) in [4.78, 5) is 146. The average molecular weight is 1120 g/mol. The number of allylic oxidation sites excluding steroid dienone is 2. The van der Waals surface area contributed by atoms with E-state index in [0.29, 0.717) is 34.6 Å². The van der Waals surface area contributed by atoms with Gasteiger partial charge in [0.2, 0.25) is 41.1 Å². The van der Waals surface area contributed by atoms with Gasteiger partial charge in [0.1, 0.15) is 29.1 Å². The molecule has 0 unspecified atom stereocenters. The minimum absolute atomic E-state index is 0.00551. The van der Waals surface area contributed by atoms with E-state index in [-0.39, 0.29) is 114 Å². The second-order valence-electron chi connectivity index (χ2n) is 18.4. The number of hydrogen-bond donors (Lipinski definition) is 6. The molecule has 0 fully saturated rings. The Bertz CT molecular complexity index is 3550. The number of methoxy groups -OCH3 is 1. The lowest BCUT2D eigenvalue weighted by atomic mass is 9.97. The van der Waals surface area contributed by atoms with Gasteiger partial charge in [0.15, 0.2) is 17.6 Å². The number of aryl methyl sites for hydroxylation is 4. The zero-order valence-corrected chi connectivity index (χ0v) is 44.9. The van der Waals surface area contributed by atoms with Gasteiger partial charge in [-0.2, -0.15) is 0 Å². The number of carbonyl (C=O) groups excluding carboxylic acids is 9. The van der Waals surface area contributed by atoms with Crippen molar-refractivity contribution in [2.45, 2.75) is 92.3 Å². The molecule has 4 aromatic heterocycles. The number of carboxylic acids is 1. The maximum Gasteiger partial charge on any atom is 0.309 e. The second-order valence-corrected chi connectivity index (χ2v) is 18.4. The van der Waals surface area contributed by atoms with Crippen molar-refractivity contribution in [3.8, 4) is 11.5 Å². The van der Waals surface area contributed by atoms with Gasteiger partial charge in [0, 0.05) is 69.5 Å². The summed E-state index contributed by atoms with van der Waals surface area (Å²) in [6.07, 6.45) is 4.91. The van der Waals surface area contributed by atoms with Gasteiger partial charge in [-0.25, -0.2) is 19.9 Å². The third kappa shape index (κ3) is 13.8. The Labute approximate surface area is 460 Å². The van der Waals surface area contributed by atoms with E-state index in [4.69, 9.17) is 34.5 Å². The molecule has 0 bridgehead atoms. The quantitative estimate of drug-likeness (QED) is 0.0178. The number of ether oxygens (including phenoxy) is 3. The summed E-state index contributed by atoms with van der Waals surface area (Å²) < 4.78 is 31.8. The Hall–Kier alpha value is -10.0. The maximum atomic E-state index is 13.9. The highest BCUT2D eigenvalue weighted by Gasteiger charge is 2.31. The van der Waals surface area contributed by atoms with Crippen molar-refractivity contribution in [1.29, 1.82) is 0 Å². The van der Waals surface area contributed by atoms with Gasteiger partial charge in [-0.3, -0.25) is 63.5 Å². The minimum atomic E-state index is -1.36. The number of nitrogens with zero attached hydrogens (tertiary/aromatic N) is 7. The Morgan fingerprint density at radius 3 is 1.73 bits per heavy atom. The molecule has 2 atom stereocenters. The first-order valence-corrected chi connectivity index (χ1v) is 25.4. The van der Waals surface area contributed by atoms with Gasteiger partial charge in [-0.15, -0.1) is 0 Å². The van der Waals surface area contributed by atoms with E-state index in [1.807, 2.05) is 6.92 Å². The Morgan fingerprint density at radius 2 is 1.25 bits per heavy atom. The molecule has 1 aliphatic heterocycles. The van der Waals surface area contributed by atoms with Crippen LogP contribution in [0.2, 0.25) is 0 Å². The van der Waals surface area contributed by atoms with Crippen molar-refractivity contribution < 1.29 is 76.1 Å². The van der Waals surface area contributed by atoms with Crippen molar-refractivity contribution in [3.05, 3.63) is 94.4 Å². The number of oxazole rings is 2. The van der Waals surface area contributed by atoms with Crippen molar-refractivity contribution in [3.63, 3.8) is 0 Å². The van der Waals surface area contributed by atoms with Crippen molar-refractivity contribution >= 4 is 93.0 Å². The topological polar surface area (TPSA) is 398 Å². The molecule has 0 spiro atoms. The van der Waals surface area contributed by atoms with Crippen LogP contribution in [0, 0.1) is 19.8 Å². The number of amides is 7. The first-order valence-electron chi connectivity index (χ1n) is 25.4. The van der Waals surface area contributed by atoms with Gasteiger partial charge < -0.3 is 54.1 Å². The number of fused-ring (bicyclic) bond motifs is 2. The largest absolute Gasteiger partial charge is 0.494 e. The normalized spacial score (nSPS) is 13.0. The van der Waals surface area contributed by atoms with Crippen molar-refractivity contribution in [2.75, 3.05) is 37.5 Å². The molecule has 0 saturated heterocycles. The summed E-state index contributed by atoms with van der Waals surface area (Å²) in [5.41, 5.74) is 13.4. The average Bonchev–Trinajstić information content (AvgIpc) is 4.36. The number of rotatable bonds is 28. The molecule has 0 radical (unpaired) electrons. The van der Waals surface area contributed by atoms with Gasteiger partial charge in [0.05, 0.1) is 54.7 Å². The number of nitrogens with two attached hydrogens (primary N) is 2. The number of Topliss-reactive ketones (excluding diaryl/α,β-unsaturated/α-hetero) is 1. The smallest absolute Gasteiger partial charge is 0.309 e. The van der Waals surface area contributed by atoms with Crippen LogP contribution < -0.4 is 36.9 Å². The number of anilines is 2. The number of imidazole rings is 2. The summed E-state index contributed by atoms with van der Waals surface area (Å²) in [5, 5.41) is 17.2. The van der Waals surface area contributed by atoms with E-state index in [0.717, 1.165) is 12.2 Å². The lowest BCUT2D eigenvalue weighted by molar-refractivity contribution is -0.150. The van der Waals surface area contributed by atoms with Gasteiger partial charge in [-0.05, 0) is 43.5 Å². The fourth-order valence-electron chi connectivity index (χ4n) is 8.64. The fourth-order valence-corrected chi connectivity index (χ4v) is 8.64. The number of ketones is 1. The van der Waals surface area contributed by atoms with Crippen LogP contribution in [0.1, 0.15) is 111 Å². The number of hydrogen-bond acceptors (Lipinski definition) is 19. The number of aromatic nitrogens is 6. The highest BCUT2D eigenvalue weighted by atomic mass is 16.5. The molecule has 8 N–H and O–H groups in total. The monoisotopic (exact) mass is 1120 g/mol. The first-order chi connectivity index (χ1) is 38.6. The number of esters is 1. The molecule has 7 rings (SSSR count). The predicted octanol–water partition coefficient (Wildman–Crippen LogP) is 3.25. The van der Waals surface area contributed by atoms with Crippen LogP contribution in [0.25, 0.3) is 22.1 Å². The molecule has 0 aliphatic carbocycles. The lowest BCUT2D eigenvalue weighted by Crippen LogP contribution is -2.47. The van der Waals surface area contributed by atoms with E-state index >= 15 is 0 Å². The molecule has 28 heteroatoms. The van der Waals surface area contributed by atoms with Gasteiger partial charge in [0.25, 0.3) is 23.6 Å². The molecule has 1 aliphatic rings. The van der Waals surface area contributed by atoms with Crippen LogP contribution in [0.3, 0.4) is 0 Å². The van der Waals surface area contributed by atoms with Crippen molar-refractivity contribution in [1.82, 2.24) is 39.3 Å². The molecule has 6 aromatic rings. The number of benzene rings is 2. The number of carboxylic acid groups (broad SMARTS) is 1. The molecular formula is C53H58N12O16. The predicted molar refractivity (Wildman–Crippen MR) is 284 cm³/mol. The Morgan fingerprint density at radius 1 is 0.741 bits per heavy atom. The summed E-state index contributed by atoms with van der Waals surface area (Å²) in [6, 6.07) is 4.32. The van der Waals surface area contributed by atoms with E-state index in [1.54, 1.807) is 42.1 Å². The molecule has 426 valence electrons. The summed E-state index contributed by atoms with van der Waals surface area (Å²) >= 11 is 0. The molecule has 7 amide bonds. The third-order valence-electron chi connectivity index (χ3n) is 12.6. The van der Waals surface area contributed by atoms with E-state index < -0.39 is 90.4 Å². The highest BCUT2D eigenvalue weighted by Crippen LogP contribution is 2.34. The fraction of sp³-hybridized carbons (Fsp3) is 0.358. The standard InChI is InChI=1S/C53H58N12O16/c1-7-31-45(80-27(4)56-31)49(74)61-52-59-34-21-29(47(54)72)23-37(77-6)43(34)63(52)16-9-10-17-64-44-35(60-53(64)62-50(75)46-32(8-2)57-28(5)81-46)22-30(48(55)73)24-38(44)78-18-11-19-79-51(76)26(3)20-36(66)33(12-15-42(70)71)58-39(67)25-65-40(68)13-14-41(65)69/h9-10,13-14,21-24,26,33H,7-8,11-12,15-20,25H2,1-6H3,(H2,54,72)(H2,55,73)(H,58,67)(H,70,71)(H,59,61,74)(H,60,62,75)/b10-9+/t26-,33+/m0/s1. The number of carbonyl (C=O) groups is 10. The molecule has 5 heterocycles. The van der Waals surface area contributed by atoms with Crippen LogP contribution in [0.4, 0.5) is 11.9 Å². The lowest BCUT2D eigenvalue weighted by Gasteiger charge is -2.20. The van der Waals surface area contributed by atoms with Crippen LogP contribution in [0.5, 0.6) is 11.5 Å². The number of nitrogens with one attached hydrogen (secondary N) is 3. The number of primary amides is 2. The first kappa shape index (κ1) is 58.7. The number of imide groups is 1. The molecule has 2 aromatic carbocycles.